The number of para-hydroxylation sites is 1. The van der Waals surface area contributed by atoms with Crippen molar-refractivity contribution in [1.82, 2.24) is 20.4 Å². The number of hydrogen-bond acceptors (Lipinski definition) is 4. The molecular formula is C17H19FN4O3. The Balaban J connectivity index is 1.65. The number of carbonyl (C=O) groups excluding carboxylic acids is 2. The van der Waals surface area contributed by atoms with E-state index < -0.39 is 5.82 Å². The number of rotatable bonds is 4. The van der Waals surface area contributed by atoms with Crippen LogP contribution in [0, 0.1) is 5.82 Å². The van der Waals surface area contributed by atoms with E-state index in [-0.39, 0.29) is 42.3 Å². The Morgan fingerprint density at radius 2 is 2.24 bits per heavy atom. The van der Waals surface area contributed by atoms with Gasteiger partial charge in [0.25, 0.3) is 5.91 Å². The second-order valence-corrected chi connectivity index (χ2v) is 5.90. The van der Waals surface area contributed by atoms with Crippen LogP contribution in [0.5, 0.6) is 5.75 Å². The predicted molar refractivity (Wildman–Crippen MR) is 87.4 cm³/mol. The molecule has 2 amide bonds. The number of nitrogens with one attached hydrogen (secondary N) is 2. The van der Waals surface area contributed by atoms with Crippen LogP contribution in [0.2, 0.25) is 0 Å². The van der Waals surface area contributed by atoms with E-state index in [0.29, 0.717) is 18.8 Å². The Morgan fingerprint density at radius 1 is 1.44 bits per heavy atom. The van der Waals surface area contributed by atoms with Crippen molar-refractivity contribution in [3.05, 3.63) is 47.5 Å². The quantitative estimate of drug-likeness (QED) is 0.878. The summed E-state index contributed by atoms with van der Waals surface area (Å²) in [5.74, 6) is -0.634. The van der Waals surface area contributed by atoms with Crippen molar-refractivity contribution >= 4 is 11.8 Å². The Labute approximate surface area is 144 Å². The molecule has 1 saturated heterocycles. The molecule has 2 N–H and O–H groups in total. The Kier molecular flexibility index (Phi) is 4.97. The largest absolute Gasteiger partial charge is 0.484 e. The summed E-state index contributed by atoms with van der Waals surface area (Å²) in [6.07, 6.45) is 0.268. The number of aromatic nitrogens is 2. The smallest absolute Gasteiger partial charge is 0.274 e. The highest BCUT2D eigenvalue weighted by Gasteiger charge is 2.26. The number of nitrogens with zero attached hydrogens (tertiary/aromatic N) is 2. The van der Waals surface area contributed by atoms with Gasteiger partial charge in [-0.2, -0.15) is 5.10 Å². The van der Waals surface area contributed by atoms with E-state index in [1.807, 2.05) is 6.92 Å². The van der Waals surface area contributed by atoms with Crippen molar-refractivity contribution in [2.75, 3.05) is 13.1 Å². The normalized spacial score (nSPS) is 17.8. The number of ether oxygens (including phenoxy) is 1. The first-order valence-electron chi connectivity index (χ1n) is 8.04. The first-order chi connectivity index (χ1) is 12.0. The summed E-state index contributed by atoms with van der Waals surface area (Å²) in [4.78, 5) is 25.7. The van der Waals surface area contributed by atoms with E-state index in [2.05, 4.69) is 15.5 Å². The molecule has 1 aromatic heterocycles. The minimum atomic E-state index is -0.450. The van der Waals surface area contributed by atoms with Gasteiger partial charge in [0, 0.05) is 25.6 Å². The highest BCUT2D eigenvalue weighted by Crippen LogP contribution is 2.17. The molecule has 2 heterocycles. The number of carbonyl (C=O) groups is 2. The number of amides is 2. The third-order valence-electron chi connectivity index (χ3n) is 4.04. The fraction of sp³-hybridized carbons (Fsp3) is 0.353. The molecule has 0 saturated carbocycles. The van der Waals surface area contributed by atoms with E-state index in [1.165, 1.54) is 12.1 Å². The Hall–Kier alpha value is -2.90. The van der Waals surface area contributed by atoms with Crippen molar-refractivity contribution in [3.63, 3.8) is 0 Å². The summed E-state index contributed by atoms with van der Waals surface area (Å²) in [5.41, 5.74) is 0.802. The Morgan fingerprint density at radius 3 is 3.04 bits per heavy atom. The summed E-state index contributed by atoms with van der Waals surface area (Å²) in [6.45, 7) is 2.70. The van der Waals surface area contributed by atoms with Gasteiger partial charge in [0.15, 0.2) is 17.3 Å². The fourth-order valence-corrected chi connectivity index (χ4v) is 2.61. The summed E-state index contributed by atoms with van der Waals surface area (Å²) in [7, 11) is 0. The van der Waals surface area contributed by atoms with Crippen molar-refractivity contribution in [3.8, 4) is 5.75 Å². The van der Waals surface area contributed by atoms with Crippen molar-refractivity contribution in [2.24, 2.45) is 0 Å². The van der Waals surface area contributed by atoms with E-state index in [4.69, 9.17) is 4.74 Å². The average molecular weight is 346 g/mol. The molecular weight excluding hydrogens is 327 g/mol. The topological polar surface area (TPSA) is 87.3 Å². The molecule has 0 aliphatic carbocycles. The second kappa shape index (κ2) is 7.33. The molecule has 0 unspecified atom stereocenters. The van der Waals surface area contributed by atoms with Gasteiger partial charge in [0.2, 0.25) is 5.91 Å². The van der Waals surface area contributed by atoms with Gasteiger partial charge in [0.05, 0.1) is 5.69 Å². The number of aromatic amines is 1. The number of halogens is 1. The molecule has 1 aromatic carbocycles. The molecule has 0 bridgehead atoms. The summed E-state index contributed by atoms with van der Waals surface area (Å²) >= 11 is 0. The predicted octanol–water partition coefficient (Wildman–Crippen LogP) is 1.48. The lowest BCUT2D eigenvalue weighted by atomic mass is 10.2. The van der Waals surface area contributed by atoms with Gasteiger partial charge in [-0.3, -0.25) is 14.7 Å². The van der Waals surface area contributed by atoms with Crippen LogP contribution in [0.3, 0.4) is 0 Å². The zero-order chi connectivity index (χ0) is 17.8. The zero-order valence-corrected chi connectivity index (χ0v) is 13.8. The van der Waals surface area contributed by atoms with Crippen LogP contribution in [0.25, 0.3) is 0 Å². The van der Waals surface area contributed by atoms with Gasteiger partial charge in [-0.25, -0.2) is 4.39 Å². The van der Waals surface area contributed by atoms with Gasteiger partial charge in [-0.05, 0) is 25.1 Å². The van der Waals surface area contributed by atoms with Crippen LogP contribution in [-0.4, -0.2) is 46.0 Å². The van der Waals surface area contributed by atoms with Crippen molar-refractivity contribution in [2.45, 2.75) is 26.0 Å². The molecule has 1 atom stereocenters. The highest BCUT2D eigenvalue weighted by atomic mass is 19.1. The molecule has 0 spiro atoms. The van der Waals surface area contributed by atoms with E-state index in [0.717, 1.165) is 0 Å². The zero-order valence-electron chi connectivity index (χ0n) is 13.8. The first-order valence-corrected chi connectivity index (χ1v) is 8.04. The number of benzene rings is 1. The first kappa shape index (κ1) is 16.9. The minimum absolute atomic E-state index is 0.0663. The molecule has 3 rings (SSSR count). The maximum absolute atomic E-state index is 13.5. The van der Waals surface area contributed by atoms with Crippen molar-refractivity contribution < 1.29 is 18.7 Å². The van der Waals surface area contributed by atoms with Crippen LogP contribution in [0.15, 0.2) is 30.3 Å². The fourth-order valence-electron chi connectivity index (χ4n) is 2.61. The standard InChI is InChI=1S/C17H19FN4O3/c1-11-9-19-16(23)6-7-22(11)17(24)14-8-12(20-21-14)10-25-15-5-3-2-4-13(15)18/h2-5,8,11H,6-7,9-10H2,1H3,(H,19,23)(H,20,21)/t11-/m0/s1. The van der Waals surface area contributed by atoms with E-state index in [9.17, 15) is 14.0 Å². The van der Waals surface area contributed by atoms with Crippen molar-refractivity contribution in [1.29, 1.82) is 0 Å². The third-order valence-corrected chi connectivity index (χ3v) is 4.04. The van der Waals surface area contributed by atoms with E-state index in [1.54, 1.807) is 23.1 Å². The number of H-pyrrole nitrogens is 1. The van der Waals surface area contributed by atoms with Gasteiger partial charge >= 0.3 is 0 Å². The van der Waals surface area contributed by atoms with Crippen LogP contribution >= 0.6 is 0 Å². The lowest BCUT2D eigenvalue weighted by molar-refractivity contribution is -0.120. The summed E-state index contributed by atoms with van der Waals surface area (Å²) in [5, 5.41) is 9.50. The molecule has 1 aliphatic rings. The molecule has 0 radical (unpaired) electrons. The molecule has 25 heavy (non-hydrogen) atoms. The van der Waals surface area contributed by atoms with Crippen LogP contribution < -0.4 is 10.1 Å². The average Bonchev–Trinajstić information content (AvgIpc) is 3.01. The maximum Gasteiger partial charge on any atom is 0.274 e. The summed E-state index contributed by atoms with van der Waals surface area (Å²) < 4.78 is 18.9. The van der Waals surface area contributed by atoms with Gasteiger partial charge in [0.1, 0.15) is 6.61 Å². The molecule has 8 heteroatoms. The molecule has 1 aliphatic heterocycles. The third kappa shape index (κ3) is 3.96. The lowest BCUT2D eigenvalue weighted by Gasteiger charge is -2.25. The molecule has 132 valence electrons. The van der Waals surface area contributed by atoms with E-state index >= 15 is 0 Å². The maximum atomic E-state index is 13.5. The van der Waals surface area contributed by atoms with Gasteiger partial charge < -0.3 is 15.0 Å². The van der Waals surface area contributed by atoms with Gasteiger partial charge in [-0.1, -0.05) is 12.1 Å². The summed E-state index contributed by atoms with van der Waals surface area (Å²) in [6, 6.07) is 7.56. The monoisotopic (exact) mass is 346 g/mol. The Bertz CT molecular complexity index is 777. The minimum Gasteiger partial charge on any atom is -0.484 e. The van der Waals surface area contributed by atoms with Crippen LogP contribution in [-0.2, 0) is 11.4 Å². The van der Waals surface area contributed by atoms with Crippen LogP contribution in [0.4, 0.5) is 4.39 Å². The number of hydrogen-bond donors (Lipinski definition) is 2. The second-order valence-electron chi connectivity index (χ2n) is 5.90. The van der Waals surface area contributed by atoms with Crippen LogP contribution in [0.1, 0.15) is 29.5 Å². The van der Waals surface area contributed by atoms with Gasteiger partial charge in [-0.15, -0.1) is 0 Å². The SMILES string of the molecule is C[C@H]1CNC(=O)CCN1C(=O)c1cc(COc2ccccc2F)[nH]n1. The lowest BCUT2D eigenvalue weighted by Crippen LogP contribution is -2.42. The molecule has 1 fully saturated rings. The molecule has 7 nitrogen and oxygen atoms in total. The highest BCUT2D eigenvalue weighted by molar-refractivity contribution is 5.93. The molecule has 2 aromatic rings.